The third-order valence-corrected chi connectivity index (χ3v) is 4.27. The highest BCUT2D eigenvalue weighted by Gasteiger charge is 2.42. The standard InChI is InChI=1S/C16H18F3NO4/c1-8-3-12-14(13(4-8)24-9(2)16(17,18)19)15(22)20-6-11(21)5-10(20)7-23-12/h3-4,9-11,21H,5-7H2,1-2H3/t9?,10-,11+/m1/s1. The average Bonchev–Trinajstić information content (AvgIpc) is 2.78. The van der Waals surface area contributed by atoms with Crippen LogP contribution < -0.4 is 9.47 Å². The van der Waals surface area contributed by atoms with Gasteiger partial charge in [-0.1, -0.05) is 0 Å². The third-order valence-electron chi connectivity index (χ3n) is 4.27. The molecule has 1 amide bonds. The van der Waals surface area contributed by atoms with Crippen molar-refractivity contribution in [2.75, 3.05) is 13.2 Å². The van der Waals surface area contributed by atoms with E-state index in [4.69, 9.17) is 9.47 Å². The van der Waals surface area contributed by atoms with Gasteiger partial charge in [0.25, 0.3) is 5.91 Å². The van der Waals surface area contributed by atoms with E-state index in [2.05, 4.69) is 0 Å². The number of hydrogen-bond donors (Lipinski definition) is 1. The van der Waals surface area contributed by atoms with Crippen molar-refractivity contribution in [3.05, 3.63) is 23.3 Å². The monoisotopic (exact) mass is 345 g/mol. The quantitative estimate of drug-likeness (QED) is 0.894. The molecule has 2 aliphatic heterocycles. The molecular weight excluding hydrogens is 327 g/mol. The average molecular weight is 345 g/mol. The van der Waals surface area contributed by atoms with Crippen molar-refractivity contribution in [1.82, 2.24) is 4.90 Å². The van der Waals surface area contributed by atoms with Crippen LogP contribution in [0.4, 0.5) is 13.2 Å². The second-order valence-corrected chi connectivity index (χ2v) is 6.25. The van der Waals surface area contributed by atoms with Crippen molar-refractivity contribution < 1.29 is 32.5 Å². The van der Waals surface area contributed by atoms with Gasteiger partial charge in [0, 0.05) is 6.54 Å². The van der Waals surface area contributed by atoms with Crippen molar-refractivity contribution >= 4 is 5.91 Å². The van der Waals surface area contributed by atoms with E-state index in [1.165, 1.54) is 11.0 Å². The van der Waals surface area contributed by atoms with Crippen LogP contribution in [0.5, 0.6) is 11.5 Å². The van der Waals surface area contributed by atoms with Crippen LogP contribution >= 0.6 is 0 Å². The molecule has 1 aromatic carbocycles. The maximum absolute atomic E-state index is 12.8. The van der Waals surface area contributed by atoms with Crippen LogP contribution in [0.2, 0.25) is 0 Å². The molecule has 1 aromatic rings. The molecule has 2 heterocycles. The van der Waals surface area contributed by atoms with Crippen molar-refractivity contribution in [1.29, 1.82) is 0 Å². The Labute approximate surface area is 137 Å². The van der Waals surface area contributed by atoms with Gasteiger partial charge in [0.2, 0.25) is 0 Å². The maximum atomic E-state index is 12.8. The van der Waals surface area contributed by atoms with Gasteiger partial charge in [0.1, 0.15) is 23.7 Å². The minimum atomic E-state index is -4.54. The second-order valence-electron chi connectivity index (χ2n) is 6.25. The number of fused-ring (bicyclic) bond motifs is 2. The Kier molecular flexibility index (Phi) is 4.11. The largest absolute Gasteiger partial charge is 0.490 e. The van der Waals surface area contributed by atoms with Crippen LogP contribution in [0.1, 0.15) is 29.3 Å². The molecule has 132 valence electrons. The predicted octanol–water partition coefficient (Wildman–Crippen LogP) is 2.29. The lowest BCUT2D eigenvalue weighted by atomic mass is 10.1. The van der Waals surface area contributed by atoms with Crippen LogP contribution in [0.3, 0.4) is 0 Å². The Morgan fingerprint density at radius 1 is 1.42 bits per heavy atom. The van der Waals surface area contributed by atoms with E-state index in [0.29, 0.717) is 12.0 Å². The first-order chi connectivity index (χ1) is 11.2. The molecule has 0 aromatic heterocycles. The van der Waals surface area contributed by atoms with E-state index in [0.717, 1.165) is 6.92 Å². The topological polar surface area (TPSA) is 59.0 Å². The van der Waals surface area contributed by atoms with Gasteiger partial charge in [-0.3, -0.25) is 4.79 Å². The highest BCUT2D eigenvalue weighted by atomic mass is 19.4. The Morgan fingerprint density at radius 3 is 2.79 bits per heavy atom. The number of rotatable bonds is 2. The molecule has 0 saturated carbocycles. The van der Waals surface area contributed by atoms with Crippen LogP contribution in [0, 0.1) is 6.92 Å². The Morgan fingerprint density at radius 2 is 2.12 bits per heavy atom. The minimum absolute atomic E-state index is 0.0201. The van der Waals surface area contributed by atoms with E-state index in [9.17, 15) is 23.1 Å². The lowest BCUT2D eigenvalue weighted by Gasteiger charge is -2.23. The molecule has 0 spiro atoms. The van der Waals surface area contributed by atoms with Gasteiger partial charge in [-0.2, -0.15) is 13.2 Å². The molecular formula is C16H18F3NO4. The highest BCUT2D eigenvalue weighted by molar-refractivity contribution is 6.00. The van der Waals surface area contributed by atoms with Gasteiger partial charge in [0.15, 0.2) is 6.10 Å². The number of carbonyl (C=O) groups excluding carboxylic acids is 1. The van der Waals surface area contributed by atoms with Crippen molar-refractivity contribution in [2.45, 2.75) is 44.7 Å². The van der Waals surface area contributed by atoms with Gasteiger partial charge in [-0.25, -0.2) is 0 Å². The fraction of sp³-hybridized carbons (Fsp3) is 0.562. The summed E-state index contributed by atoms with van der Waals surface area (Å²) in [6, 6.07) is 2.71. The highest BCUT2D eigenvalue weighted by Crippen LogP contribution is 2.38. The van der Waals surface area contributed by atoms with E-state index in [1.807, 2.05) is 0 Å². The molecule has 1 fully saturated rings. The Bertz CT molecular complexity index is 661. The summed E-state index contributed by atoms with van der Waals surface area (Å²) in [5.41, 5.74) is 0.612. The van der Waals surface area contributed by atoms with Crippen LogP contribution in [0.25, 0.3) is 0 Å². The van der Waals surface area contributed by atoms with Crippen molar-refractivity contribution in [3.8, 4) is 11.5 Å². The summed E-state index contributed by atoms with van der Waals surface area (Å²) in [6.07, 6.45) is -6.88. The Balaban J connectivity index is 2.01. The predicted molar refractivity (Wildman–Crippen MR) is 78.3 cm³/mol. The molecule has 1 unspecified atom stereocenters. The van der Waals surface area contributed by atoms with E-state index >= 15 is 0 Å². The van der Waals surface area contributed by atoms with Crippen molar-refractivity contribution in [3.63, 3.8) is 0 Å². The van der Waals surface area contributed by atoms with Gasteiger partial charge >= 0.3 is 6.18 Å². The van der Waals surface area contributed by atoms with Gasteiger partial charge in [-0.05, 0) is 38.0 Å². The van der Waals surface area contributed by atoms with Crippen molar-refractivity contribution in [2.24, 2.45) is 0 Å². The van der Waals surface area contributed by atoms with Crippen LogP contribution in [-0.4, -0.2) is 53.5 Å². The minimum Gasteiger partial charge on any atom is -0.490 e. The van der Waals surface area contributed by atoms with Crippen LogP contribution in [0.15, 0.2) is 12.1 Å². The molecule has 24 heavy (non-hydrogen) atoms. The van der Waals surface area contributed by atoms with E-state index < -0.39 is 24.3 Å². The molecule has 3 atom stereocenters. The molecule has 0 aliphatic carbocycles. The number of benzene rings is 1. The summed E-state index contributed by atoms with van der Waals surface area (Å²) in [4.78, 5) is 14.2. The summed E-state index contributed by atoms with van der Waals surface area (Å²) in [7, 11) is 0. The number of amides is 1. The summed E-state index contributed by atoms with van der Waals surface area (Å²) >= 11 is 0. The molecule has 5 nitrogen and oxygen atoms in total. The van der Waals surface area contributed by atoms with Gasteiger partial charge < -0.3 is 19.5 Å². The summed E-state index contributed by atoms with van der Waals surface area (Å²) < 4.78 is 49.2. The SMILES string of the molecule is Cc1cc2c(c(OC(C)C(F)(F)F)c1)C(=O)N1C[C@@H](O)C[C@@H]1CO2. The number of halogens is 3. The van der Waals surface area contributed by atoms with Gasteiger partial charge in [-0.15, -0.1) is 0 Å². The number of aryl methyl sites for hydroxylation is 1. The summed E-state index contributed by atoms with van der Waals surface area (Å²) in [6.45, 7) is 2.90. The zero-order valence-electron chi connectivity index (χ0n) is 13.3. The molecule has 0 radical (unpaired) electrons. The normalized spacial score (nSPS) is 24.8. The zero-order valence-corrected chi connectivity index (χ0v) is 13.3. The molecule has 3 rings (SSSR count). The smallest absolute Gasteiger partial charge is 0.425 e. The number of nitrogens with zero attached hydrogens (tertiary/aromatic N) is 1. The molecule has 2 aliphatic rings. The third kappa shape index (κ3) is 3.02. The second kappa shape index (κ2) is 5.84. The molecule has 1 saturated heterocycles. The number of aliphatic hydroxyl groups excluding tert-OH is 1. The number of alkyl halides is 3. The first kappa shape index (κ1) is 16.9. The Hall–Kier alpha value is -1.96. The van der Waals surface area contributed by atoms with Crippen LogP contribution in [-0.2, 0) is 0 Å². The number of ether oxygens (including phenoxy) is 2. The molecule has 8 heteroatoms. The zero-order chi connectivity index (χ0) is 17.6. The number of aliphatic hydroxyl groups is 1. The summed E-state index contributed by atoms with van der Waals surface area (Å²) in [5.74, 6) is -0.413. The van der Waals surface area contributed by atoms with E-state index in [-0.39, 0.29) is 36.3 Å². The maximum Gasteiger partial charge on any atom is 0.425 e. The molecule has 1 N–H and O–H groups in total. The number of carbonyl (C=O) groups is 1. The fourth-order valence-electron chi connectivity index (χ4n) is 3.02. The fourth-order valence-corrected chi connectivity index (χ4v) is 3.02. The van der Waals surface area contributed by atoms with E-state index in [1.54, 1.807) is 13.0 Å². The summed E-state index contributed by atoms with van der Waals surface area (Å²) in [5, 5.41) is 9.75. The first-order valence-electron chi connectivity index (χ1n) is 7.66. The first-order valence-corrected chi connectivity index (χ1v) is 7.66. The molecule has 0 bridgehead atoms. The lowest BCUT2D eigenvalue weighted by Crippen LogP contribution is -2.37. The van der Waals surface area contributed by atoms with Gasteiger partial charge in [0.05, 0.1) is 12.1 Å². The number of hydrogen-bond acceptors (Lipinski definition) is 4. The lowest BCUT2D eigenvalue weighted by molar-refractivity contribution is -0.189.